The Balaban J connectivity index is 2.20. The lowest BCUT2D eigenvalue weighted by molar-refractivity contribution is 0.0897. The van der Waals surface area contributed by atoms with Crippen molar-refractivity contribution in [3.63, 3.8) is 0 Å². The maximum absolute atomic E-state index is 6.05. The molecule has 1 aliphatic rings. The maximum Gasteiger partial charge on any atom is 0.0406 e. The summed E-state index contributed by atoms with van der Waals surface area (Å²) in [6.45, 7) is 0. The van der Waals surface area contributed by atoms with Crippen LogP contribution >= 0.6 is 23.4 Å². The lowest BCUT2D eigenvalue weighted by Gasteiger charge is -2.51. The van der Waals surface area contributed by atoms with Gasteiger partial charge in [0.2, 0.25) is 0 Å². The minimum atomic E-state index is 0.354. The third kappa shape index (κ3) is 3.35. The van der Waals surface area contributed by atoms with Crippen LogP contribution in [-0.4, -0.2) is 37.0 Å². The van der Waals surface area contributed by atoms with E-state index in [1.165, 1.54) is 43.4 Å². The maximum atomic E-state index is 6.05. The van der Waals surface area contributed by atoms with Gasteiger partial charge in [0, 0.05) is 16.5 Å². The summed E-state index contributed by atoms with van der Waals surface area (Å²) in [6.07, 6.45) is 8.78. The highest BCUT2D eigenvalue weighted by Crippen LogP contribution is 2.49. The first-order valence-electron chi connectivity index (χ1n) is 7.51. The van der Waals surface area contributed by atoms with E-state index in [1.54, 1.807) is 0 Å². The zero-order chi connectivity index (χ0) is 14.6. The van der Waals surface area contributed by atoms with Crippen LogP contribution in [0, 0.1) is 0 Å². The van der Waals surface area contributed by atoms with E-state index in [-0.39, 0.29) is 0 Å². The minimum Gasteiger partial charge on any atom is -0.306 e. The summed E-state index contributed by atoms with van der Waals surface area (Å²) in [6, 6.07) is 9.22. The summed E-state index contributed by atoms with van der Waals surface area (Å²) >= 11 is 8.01. The first-order valence-corrected chi connectivity index (χ1v) is 9.29. The van der Waals surface area contributed by atoms with Crippen molar-refractivity contribution in [1.82, 2.24) is 4.90 Å². The highest BCUT2D eigenvalue weighted by atomic mass is 35.5. The molecule has 1 fully saturated rings. The van der Waals surface area contributed by atoms with Crippen LogP contribution in [0.1, 0.15) is 37.7 Å². The molecule has 3 heteroatoms. The van der Waals surface area contributed by atoms with Gasteiger partial charge in [-0.1, -0.05) is 30.2 Å². The predicted molar refractivity (Wildman–Crippen MR) is 92.1 cm³/mol. The van der Waals surface area contributed by atoms with Gasteiger partial charge in [-0.2, -0.15) is 11.8 Å². The van der Waals surface area contributed by atoms with Gasteiger partial charge in [0.05, 0.1) is 0 Å². The predicted octanol–water partition coefficient (Wildman–Crippen LogP) is 4.84. The standard InChI is InChI=1S/C17H26ClNS/c1-19(2)16(6-4-13-20-3)17(11-5-12-17)14-7-9-15(18)10-8-14/h7-10,16H,4-6,11-13H2,1-3H3. The van der Waals surface area contributed by atoms with Crippen LogP contribution in [0.3, 0.4) is 0 Å². The Labute approximate surface area is 133 Å². The molecular formula is C17H26ClNS. The van der Waals surface area contributed by atoms with Gasteiger partial charge < -0.3 is 4.90 Å². The van der Waals surface area contributed by atoms with Crippen LogP contribution in [0.4, 0.5) is 0 Å². The van der Waals surface area contributed by atoms with Gasteiger partial charge in [-0.3, -0.25) is 0 Å². The van der Waals surface area contributed by atoms with E-state index in [0.29, 0.717) is 11.5 Å². The Morgan fingerprint density at radius 2 is 1.90 bits per heavy atom. The number of likely N-dealkylation sites (N-methyl/N-ethyl adjacent to an activating group) is 1. The number of halogens is 1. The fourth-order valence-electron chi connectivity index (χ4n) is 3.60. The third-order valence-electron chi connectivity index (χ3n) is 4.75. The number of thioether (sulfide) groups is 1. The fourth-order valence-corrected chi connectivity index (χ4v) is 4.18. The summed E-state index contributed by atoms with van der Waals surface area (Å²) in [5, 5.41) is 0.840. The number of nitrogens with zero attached hydrogens (tertiary/aromatic N) is 1. The number of rotatable bonds is 7. The smallest absolute Gasteiger partial charge is 0.0406 e. The zero-order valence-corrected chi connectivity index (χ0v) is 14.4. The van der Waals surface area contributed by atoms with Crippen molar-refractivity contribution in [2.24, 2.45) is 0 Å². The van der Waals surface area contributed by atoms with Gasteiger partial charge in [-0.25, -0.2) is 0 Å². The molecule has 0 aliphatic heterocycles. The second-order valence-corrected chi connectivity index (χ2v) is 7.55. The van der Waals surface area contributed by atoms with Crippen LogP contribution in [0.25, 0.3) is 0 Å². The summed E-state index contributed by atoms with van der Waals surface area (Å²) in [4.78, 5) is 2.44. The Morgan fingerprint density at radius 3 is 2.35 bits per heavy atom. The van der Waals surface area contributed by atoms with Crippen molar-refractivity contribution < 1.29 is 0 Å². The fraction of sp³-hybridized carbons (Fsp3) is 0.647. The average molecular weight is 312 g/mol. The molecule has 20 heavy (non-hydrogen) atoms. The van der Waals surface area contributed by atoms with Gasteiger partial charge in [0.1, 0.15) is 0 Å². The molecule has 112 valence electrons. The van der Waals surface area contributed by atoms with Crippen LogP contribution in [0.2, 0.25) is 5.02 Å². The Morgan fingerprint density at radius 1 is 1.25 bits per heavy atom. The monoisotopic (exact) mass is 311 g/mol. The summed E-state index contributed by atoms with van der Waals surface area (Å²) in [5.74, 6) is 1.26. The van der Waals surface area contributed by atoms with Crippen LogP contribution in [-0.2, 0) is 5.41 Å². The molecule has 0 heterocycles. The van der Waals surface area contributed by atoms with Gasteiger partial charge >= 0.3 is 0 Å². The normalized spacial score (nSPS) is 18.9. The molecule has 2 rings (SSSR count). The highest BCUT2D eigenvalue weighted by molar-refractivity contribution is 7.98. The largest absolute Gasteiger partial charge is 0.306 e. The highest BCUT2D eigenvalue weighted by Gasteiger charge is 2.45. The van der Waals surface area contributed by atoms with E-state index in [2.05, 4.69) is 37.4 Å². The molecule has 0 aromatic heterocycles. The molecule has 1 unspecified atom stereocenters. The van der Waals surface area contributed by atoms with Gasteiger partial charge in [-0.05, 0) is 69.5 Å². The molecule has 1 atom stereocenters. The van der Waals surface area contributed by atoms with Gasteiger partial charge in [0.15, 0.2) is 0 Å². The topological polar surface area (TPSA) is 3.24 Å². The molecule has 0 spiro atoms. The quantitative estimate of drug-likeness (QED) is 0.663. The number of benzene rings is 1. The molecule has 0 amide bonds. The van der Waals surface area contributed by atoms with Crippen LogP contribution < -0.4 is 0 Å². The number of hydrogen-bond donors (Lipinski definition) is 0. The molecule has 1 aromatic rings. The summed E-state index contributed by atoms with van der Waals surface area (Å²) in [7, 11) is 4.47. The van der Waals surface area contributed by atoms with Gasteiger partial charge in [-0.15, -0.1) is 0 Å². The molecule has 1 aromatic carbocycles. The molecular weight excluding hydrogens is 286 g/mol. The van der Waals surface area contributed by atoms with Crippen molar-refractivity contribution in [3.8, 4) is 0 Å². The summed E-state index contributed by atoms with van der Waals surface area (Å²) in [5.41, 5.74) is 1.84. The van der Waals surface area contributed by atoms with Crippen LogP contribution in [0.15, 0.2) is 24.3 Å². The van der Waals surface area contributed by atoms with Crippen molar-refractivity contribution in [2.45, 2.75) is 43.6 Å². The van der Waals surface area contributed by atoms with E-state index < -0.39 is 0 Å². The lowest BCUT2D eigenvalue weighted by Crippen LogP contribution is -2.52. The number of hydrogen-bond acceptors (Lipinski definition) is 2. The van der Waals surface area contributed by atoms with Crippen molar-refractivity contribution >= 4 is 23.4 Å². The second-order valence-electron chi connectivity index (χ2n) is 6.13. The molecule has 0 N–H and O–H groups in total. The van der Waals surface area contributed by atoms with Crippen LogP contribution in [0.5, 0.6) is 0 Å². The van der Waals surface area contributed by atoms with Gasteiger partial charge in [0.25, 0.3) is 0 Å². The Hall–Kier alpha value is -0.180. The minimum absolute atomic E-state index is 0.354. The Bertz CT molecular complexity index is 412. The van der Waals surface area contributed by atoms with E-state index in [1.807, 2.05) is 23.9 Å². The van der Waals surface area contributed by atoms with E-state index in [4.69, 9.17) is 11.6 Å². The molecule has 0 bridgehead atoms. The van der Waals surface area contributed by atoms with Crippen molar-refractivity contribution in [3.05, 3.63) is 34.9 Å². The average Bonchev–Trinajstić information content (AvgIpc) is 2.37. The molecule has 1 saturated carbocycles. The lowest BCUT2D eigenvalue weighted by atomic mass is 9.59. The first kappa shape index (κ1) is 16.2. The van der Waals surface area contributed by atoms with E-state index in [0.717, 1.165) is 5.02 Å². The zero-order valence-electron chi connectivity index (χ0n) is 12.9. The molecule has 0 radical (unpaired) electrons. The second kappa shape index (κ2) is 7.20. The summed E-state index contributed by atoms with van der Waals surface area (Å²) < 4.78 is 0. The molecule has 0 saturated heterocycles. The van der Waals surface area contributed by atoms with E-state index in [9.17, 15) is 0 Å². The Kier molecular flexibility index (Phi) is 5.83. The molecule has 1 aliphatic carbocycles. The first-order chi connectivity index (χ1) is 9.60. The van der Waals surface area contributed by atoms with Crippen molar-refractivity contribution in [1.29, 1.82) is 0 Å². The van der Waals surface area contributed by atoms with Crippen molar-refractivity contribution in [2.75, 3.05) is 26.1 Å². The molecule has 1 nitrogen and oxygen atoms in total. The van der Waals surface area contributed by atoms with E-state index >= 15 is 0 Å². The third-order valence-corrected chi connectivity index (χ3v) is 5.70. The SMILES string of the molecule is CSCCCC(N(C)C)C1(c2ccc(Cl)cc2)CCC1.